The van der Waals surface area contributed by atoms with Gasteiger partial charge in [-0.15, -0.1) is 0 Å². The zero-order valence-electron chi connectivity index (χ0n) is 8.81. The fourth-order valence-corrected chi connectivity index (χ4v) is 0.873. The number of hydrogen-bond donors (Lipinski definition) is 0. The van der Waals surface area contributed by atoms with E-state index in [9.17, 15) is 4.79 Å². The van der Waals surface area contributed by atoms with Crippen LogP contribution in [0.3, 0.4) is 0 Å². The molecule has 0 aliphatic carbocycles. The first kappa shape index (κ1) is 49.5. The van der Waals surface area contributed by atoms with Crippen molar-refractivity contribution < 1.29 is 183 Å². The molecule has 0 saturated heterocycles. The van der Waals surface area contributed by atoms with Gasteiger partial charge in [0.05, 0.1) is 0 Å². The van der Waals surface area contributed by atoms with E-state index in [0.29, 0.717) is 11.5 Å². The van der Waals surface area contributed by atoms with E-state index >= 15 is 0 Å². The van der Waals surface area contributed by atoms with Gasteiger partial charge in [-0.1, -0.05) is 0 Å². The third-order valence-electron chi connectivity index (χ3n) is 0.709. The van der Waals surface area contributed by atoms with Crippen molar-refractivity contribution >= 4 is 10.7 Å². The van der Waals surface area contributed by atoms with E-state index in [2.05, 4.69) is 6.08 Å². The Hall–Kier alpha value is 5.47. The summed E-state index contributed by atoms with van der Waals surface area (Å²) >= 11 is 4.63. The third kappa shape index (κ3) is 44.9. The van der Waals surface area contributed by atoms with E-state index in [1.807, 2.05) is 18.2 Å². The average molecular weight is 1760 g/mol. The number of carbonyl (C=O) groups excluding carboxylic acids is 1. The maximum absolute atomic E-state index is 10.2. The minimum absolute atomic E-state index is 0. The van der Waals surface area contributed by atoms with Gasteiger partial charge in [-0.25, -0.2) is 0 Å². The van der Waals surface area contributed by atoms with Crippen LogP contribution >= 0.6 is 0 Å². The molecule has 98 valence electrons. The molecule has 0 aromatic carbocycles. The summed E-state index contributed by atoms with van der Waals surface area (Å²) < 4.78 is 1.84. The summed E-state index contributed by atoms with van der Waals surface area (Å²) in [4.78, 5) is 10.2. The molecule has 0 bridgehead atoms. The molecule has 0 amide bonds. The molecule has 0 spiro atoms. The van der Waals surface area contributed by atoms with Gasteiger partial charge in [0, 0.05) is 126 Å². The van der Waals surface area contributed by atoms with Crippen molar-refractivity contribution in [2.45, 2.75) is 13.8 Å². The topological polar surface area (TPSA) is 17.1 Å². The number of rotatable bonds is 3. The van der Waals surface area contributed by atoms with Crippen LogP contribution in [0.1, 0.15) is 13.8 Å². The summed E-state index contributed by atoms with van der Waals surface area (Å²) in [7, 11) is 0. The fraction of sp³-hybridized carbons (Fsp3) is 0.429. The molecule has 0 aromatic rings. The molecule has 0 atom stereocenters. The zero-order chi connectivity index (χ0) is 9.28. The molecule has 0 rings (SSSR count). The van der Waals surface area contributed by atoms with Gasteiger partial charge in [-0.05, 0) is 0 Å². The first-order valence-corrected chi connectivity index (χ1v) is 15.6. The van der Waals surface area contributed by atoms with Crippen molar-refractivity contribution in [2.24, 2.45) is 5.92 Å². The predicted molar refractivity (Wildman–Crippen MR) is 33.7 cm³/mol. The molecule has 0 saturated carbocycles. The second kappa shape index (κ2) is 43.0. The van der Waals surface area contributed by atoms with E-state index in [1.54, 1.807) is 32.4 Å². The second-order valence-corrected chi connectivity index (χ2v) is 2.84. The van der Waals surface area contributed by atoms with Gasteiger partial charge in [0.25, 0.3) is 0 Å². The van der Waals surface area contributed by atoms with Crippen molar-refractivity contribution in [1.82, 2.24) is 0 Å². The average Bonchev–Trinajstić information content (AvgIpc) is 2.03. The number of aldehydes is 1. The molecule has 0 aliphatic heterocycles. The van der Waals surface area contributed by atoms with Gasteiger partial charge < -0.3 is 0 Å². The van der Waals surface area contributed by atoms with Crippen molar-refractivity contribution in [3.8, 4) is 0 Å². The number of carbonyl (C=O) groups is 1. The van der Waals surface area contributed by atoms with Crippen molar-refractivity contribution in [2.75, 3.05) is 0 Å². The first-order chi connectivity index (χ1) is 5.20. The van der Waals surface area contributed by atoms with Crippen LogP contribution in [-0.2, 0) is 183 Å². The molecule has 0 fully saturated rings. The zero-order valence-corrected chi connectivity index (χ0v) is 35.2. The molecular formula is C7H9OW9-. The standard InChI is InChI=1S/C7H9O.9W/c1-6(2)4-7(3)5-8;;;;;;;;;/h3,5-6H,1-2H3;;;;;;;;;/q-1;;;;;;;;;. The summed E-state index contributed by atoms with van der Waals surface area (Å²) in [6, 6.07) is 0. The Labute approximate surface area is 220 Å². The number of hydrogen-bond acceptors (Lipinski definition) is 1. The van der Waals surface area contributed by atoms with Crippen LogP contribution in [0.4, 0.5) is 0 Å². The van der Waals surface area contributed by atoms with Crippen molar-refractivity contribution in [1.29, 1.82) is 0 Å². The second-order valence-electron chi connectivity index (χ2n) is 1.99. The SMILES string of the molecule is CC(C)[C-]=C(C=O)[CH]=[W].[W].[W].[W].[W].[W].[W].[W]=[W]. The predicted octanol–water partition coefficient (Wildman–Crippen LogP) is 0.900. The summed E-state index contributed by atoms with van der Waals surface area (Å²) in [6.07, 6.45) is 3.83. The molecule has 17 heavy (non-hydrogen) atoms. The van der Waals surface area contributed by atoms with Gasteiger partial charge in [-0.2, -0.15) is 0 Å². The summed E-state index contributed by atoms with van der Waals surface area (Å²) in [5, 5.41) is 0. The van der Waals surface area contributed by atoms with E-state index in [1.165, 1.54) is 19.4 Å². The van der Waals surface area contributed by atoms with Gasteiger partial charge in [-0.3, -0.25) is 0 Å². The van der Waals surface area contributed by atoms with Gasteiger partial charge >= 0.3 is 98.7 Å². The van der Waals surface area contributed by atoms with E-state index in [-0.39, 0.29) is 126 Å². The van der Waals surface area contributed by atoms with E-state index in [0.717, 1.165) is 6.29 Å². The minimum atomic E-state index is 0. The molecule has 0 heterocycles. The van der Waals surface area contributed by atoms with Crippen LogP contribution in [0, 0.1) is 12.0 Å². The van der Waals surface area contributed by atoms with Crippen molar-refractivity contribution in [3.05, 3.63) is 11.6 Å². The molecule has 0 aliphatic rings. The quantitative estimate of drug-likeness (QED) is 0.234. The molecule has 0 unspecified atom stereocenters. The summed E-state index contributed by atoms with van der Waals surface area (Å²) in [5.41, 5.74) is 0.694. The number of allylic oxidation sites excluding steroid dienone is 2. The van der Waals surface area contributed by atoms with Gasteiger partial charge in [0.2, 0.25) is 0 Å². The third-order valence-corrected chi connectivity index (χ3v) is 1.62. The Morgan fingerprint density at radius 1 is 1.00 bits per heavy atom. The van der Waals surface area contributed by atoms with Crippen LogP contribution in [0.5, 0.6) is 0 Å². The molecule has 10 heteroatoms. The van der Waals surface area contributed by atoms with Crippen LogP contribution in [-0.4, -0.2) is 10.7 Å². The molecule has 0 N–H and O–H groups in total. The Morgan fingerprint density at radius 3 is 1.35 bits per heavy atom. The Bertz CT molecular complexity index is 149. The van der Waals surface area contributed by atoms with E-state index in [4.69, 9.17) is 0 Å². The fourth-order valence-electron chi connectivity index (χ4n) is 0.429. The summed E-state index contributed by atoms with van der Waals surface area (Å²) in [6.45, 7) is 4.00. The normalized spacial score (nSPS) is 6.41. The van der Waals surface area contributed by atoms with Crippen LogP contribution in [0.25, 0.3) is 0 Å². The Balaban J connectivity index is -0.0000000160. The van der Waals surface area contributed by atoms with E-state index < -0.39 is 0 Å². The van der Waals surface area contributed by atoms with Gasteiger partial charge in [0.1, 0.15) is 0 Å². The van der Waals surface area contributed by atoms with Crippen molar-refractivity contribution in [3.63, 3.8) is 0 Å². The Morgan fingerprint density at radius 2 is 1.29 bits per heavy atom. The maximum atomic E-state index is 10.2. The molecule has 0 radical (unpaired) electrons. The van der Waals surface area contributed by atoms with Gasteiger partial charge in [0.15, 0.2) is 0 Å². The first-order valence-electron chi connectivity index (χ1n) is 2.91. The molecule has 1 nitrogen and oxygen atoms in total. The van der Waals surface area contributed by atoms with Crippen LogP contribution < -0.4 is 0 Å². The monoisotopic (exact) mass is 1760 g/mol. The molecule has 0 aromatic heterocycles. The summed E-state index contributed by atoms with van der Waals surface area (Å²) in [5.74, 6) is 0.348. The van der Waals surface area contributed by atoms with Crippen LogP contribution in [0.2, 0.25) is 0 Å². The Kier molecular flexibility index (Phi) is 125. The molecular weight excluding hydrogens is 1750 g/mol. The van der Waals surface area contributed by atoms with Crippen LogP contribution in [0.15, 0.2) is 5.57 Å².